The zero-order chi connectivity index (χ0) is 16.8. The summed E-state index contributed by atoms with van der Waals surface area (Å²) in [6.07, 6.45) is 2.56. The standard InChI is InChI=1S/C18H23ClN4O.HI/c1-20-18(21-8-7-17-6-3-13-24-17)23-11-9-22(10-12-23)16-5-2-4-15(19)14-16;/h2-6,13-14H,7-12H2,1H3,(H,20,21);1H. The van der Waals surface area contributed by atoms with Crippen LogP contribution in [0.15, 0.2) is 52.1 Å². The average Bonchev–Trinajstić information content (AvgIpc) is 3.12. The third-order valence-corrected chi connectivity index (χ3v) is 4.43. The number of anilines is 1. The Labute approximate surface area is 171 Å². The first-order valence-corrected chi connectivity index (χ1v) is 8.62. The highest BCUT2D eigenvalue weighted by Crippen LogP contribution is 2.20. The van der Waals surface area contributed by atoms with Crippen LogP contribution in [0.4, 0.5) is 5.69 Å². The first kappa shape index (κ1) is 19.9. The summed E-state index contributed by atoms with van der Waals surface area (Å²) in [6.45, 7) is 4.60. The molecule has 0 radical (unpaired) electrons. The van der Waals surface area contributed by atoms with Gasteiger partial charge in [0, 0.05) is 56.9 Å². The molecule has 0 saturated carbocycles. The SMILES string of the molecule is CN=C(NCCc1ccco1)N1CCN(c2cccc(Cl)c2)CC1.I. The number of furan rings is 1. The van der Waals surface area contributed by atoms with Crippen LogP contribution in [0.3, 0.4) is 0 Å². The van der Waals surface area contributed by atoms with Crippen molar-refractivity contribution in [2.45, 2.75) is 6.42 Å². The van der Waals surface area contributed by atoms with E-state index in [1.807, 2.05) is 37.4 Å². The molecule has 1 aliphatic heterocycles. The van der Waals surface area contributed by atoms with Crippen molar-refractivity contribution in [1.82, 2.24) is 10.2 Å². The van der Waals surface area contributed by atoms with Gasteiger partial charge in [0.2, 0.25) is 0 Å². The minimum atomic E-state index is 0. The third kappa shape index (κ3) is 5.54. The van der Waals surface area contributed by atoms with Gasteiger partial charge in [-0.2, -0.15) is 0 Å². The van der Waals surface area contributed by atoms with E-state index < -0.39 is 0 Å². The van der Waals surface area contributed by atoms with Crippen LogP contribution in [0.2, 0.25) is 5.02 Å². The summed E-state index contributed by atoms with van der Waals surface area (Å²) in [4.78, 5) is 9.06. The number of aliphatic imine (C=N–C) groups is 1. The van der Waals surface area contributed by atoms with E-state index in [1.165, 1.54) is 5.69 Å². The monoisotopic (exact) mass is 474 g/mol. The molecule has 0 amide bonds. The molecule has 1 fully saturated rings. The van der Waals surface area contributed by atoms with E-state index in [9.17, 15) is 0 Å². The Morgan fingerprint density at radius 3 is 2.64 bits per heavy atom. The number of hydrogen-bond donors (Lipinski definition) is 1. The van der Waals surface area contributed by atoms with Crippen molar-refractivity contribution in [3.05, 3.63) is 53.4 Å². The van der Waals surface area contributed by atoms with Gasteiger partial charge in [0.05, 0.1) is 6.26 Å². The quantitative estimate of drug-likeness (QED) is 0.419. The molecule has 0 aliphatic carbocycles. The van der Waals surface area contributed by atoms with Gasteiger partial charge in [0.25, 0.3) is 0 Å². The lowest BCUT2D eigenvalue weighted by Crippen LogP contribution is -2.52. The predicted molar refractivity (Wildman–Crippen MR) is 114 cm³/mol. The molecule has 0 bridgehead atoms. The van der Waals surface area contributed by atoms with Crippen LogP contribution in [0.25, 0.3) is 0 Å². The van der Waals surface area contributed by atoms with Crippen molar-refractivity contribution >= 4 is 47.2 Å². The Balaban J connectivity index is 0.00000225. The summed E-state index contributed by atoms with van der Waals surface area (Å²) < 4.78 is 5.36. The normalized spacial score (nSPS) is 15.0. The second kappa shape index (κ2) is 9.91. The molecule has 5 nitrogen and oxygen atoms in total. The number of hydrogen-bond acceptors (Lipinski definition) is 3. The van der Waals surface area contributed by atoms with Crippen molar-refractivity contribution in [3.63, 3.8) is 0 Å². The summed E-state index contributed by atoms with van der Waals surface area (Å²) in [5.74, 6) is 1.94. The molecule has 3 rings (SSSR count). The van der Waals surface area contributed by atoms with E-state index in [1.54, 1.807) is 6.26 Å². The largest absolute Gasteiger partial charge is 0.469 e. The molecular formula is C18H24ClIN4O. The van der Waals surface area contributed by atoms with Crippen LogP contribution < -0.4 is 10.2 Å². The fourth-order valence-electron chi connectivity index (χ4n) is 2.93. The fourth-order valence-corrected chi connectivity index (χ4v) is 3.12. The number of piperazine rings is 1. The molecule has 1 N–H and O–H groups in total. The maximum Gasteiger partial charge on any atom is 0.193 e. The van der Waals surface area contributed by atoms with E-state index in [4.69, 9.17) is 16.0 Å². The molecule has 0 atom stereocenters. The van der Waals surface area contributed by atoms with Crippen molar-refractivity contribution in [3.8, 4) is 0 Å². The summed E-state index contributed by atoms with van der Waals surface area (Å²) in [7, 11) is 1.83. The van der Waals surface area contributed by atoms with Crippen molar-refractivity contribution < 1.29 is 4.42 Å². The molecule has 7 heteroatoms. The number of benzene rings is 1. The predicted octanol–water partition coefficient (Wildman–Crippen LogP) is 3.49. The Morgan fingerprint density at radius 1 is 1.20 bits per heavy atom. The van der Waals surface area contributed by atoms with Gasteiger partial charge in [-0.05, 0) is 30.3 Å². The molecule has 0 unspecified atom stereocenters. The summed E-state index contributed by atoms with van der Waals surface area (Å²) in [5, 5.41) is 4.20. The lowest BCUT2D eigenvalue weighted by Gasteiger charge is -2.37. The van der Waals surface area contributed by atoms with Gasteiger partial charge < -0.3 is 19.5 Å². The first-order chi connectivity index (χ1) is 11.8. The zero-order valence-corrected chi connectivity index (χ0v) is 17.4. The van der Waals surface area contributed by atoms with Gasteiger partial charge >= 0.3 is 0 Å². The van der Waals surface area contributed by atoms with Crippen molar-refractivity contribution in [1.29, 1.82) is 0 Å². The molecule has 1 aromatic carbocycles. The van der Waals surface area contributed by atoms with E-state index >= 15 is 0 Å². The number of rotatable bonds is 4. The molecule has 1 saturated heterocycles. The Morgan fingerprint density at radius 2 is 2.00 bits per heavy atom. The molecule has 2 heterocycles. The van der Waals surface area contributed by atoms with E-state index in [0.717, 1.165) is 55.9 Å². The Hall–Kier alpha value is -1.41. The molecular weight excluding hydrogens is 451 g/mol. The third-order valence-electron chi connectivity index (χ3n) is 4.20. The number of halogens is 2. The minimum Gasteiger partial charge on any atom is -0.469 e. The van der Waals surface area contributed by atoms with Gasteiger partial charge in [-0.3, -0.25) is 4.99 Å². The van der Waals surface area contributed by atoms with E-state index in [2.05, 4.69) is 26.2 Å². The fraction of sp³-hybridized carbons (Fsp3) is 0.389. The number of guanidine groups is 1. The van der Waals surface area contributed by atoms with Crippen LogP contribution in [-0.4, -0.2) is 50.6 Å². The van der Waals surface area contributed by atoms with Crippen molar-refractivity contribution in [2.75, 3.05) is 44.7 Å². The van der Waals surface area contributed by atoms with Crippen LogP contribution in [-0.2, 0) is 6.42 Å². The average molecular weight is 475 g/mol. The Kier molecular flexibility index (Phi) is 7.90. The summed E-state index contributed by atoms with van der Waals surface area (Å²) in [5.41, 5.74) is 1.18. The second-order valence-corrected chi connectivity index (χ2v) is 6.19. The first-order valence-electron chi connectivity index (χ1n) is 8.25. The molecule has 0 spiro atoms. The number of nitrogens with zero attached hydrogens (tertiary/aromatic N) is 3. The van der Waals surface area contributed by atoms with E-state index in [0.29, 0.717) is 0 Å². The zero-order valence-electron chi connectivity index (χ0n) is 14.3. The second-order valence-electron chi connectivity index (χ2n) is 5.76. The van der Waals surface area contributed by atoms with Gasteiger partial charge in [-0.25, -0.2) is 0 Å². The summed E-state index contributed by atoms with van der Waals surface area (Å²) in [6, 6.07) is 11.9. The molecule has 25 heavy (non-hydrogen) atoms. The lowest BCUT2D eigenvalue weighted by atomic mass is 10.2. The smallest absolute Gasteiger partial charge is 0.193 e. The van der Waals surface area contributed by atoms with Crippen LogP contribution in [0.5, 0.6) is 0 Å². The van der Waals surface area contributed by atoms with Crippen LogP contribution in [0.1, 0.15) is 5.76 Å². The topological polar surface area (TPSA) is 44.0 Å². The highest BCUT2D eigenvalue weighted by molar-refractivity contribution is 14.0. The van der Waals surface area contributed by atoms with Crippen molar-refractivity contribution in [2.24, 2.45) is 4.99 Å². The summed E-state index contributed by atoms with van der Waals surface area (Å²) >= 11 is 6.09. The molecule has 2 aromatic rings. The Bertz CT molecular complexity index is 669. The van der Waals surface area contributed by atoms with Gasteiger partial charge in [0.1, 0.15) is 5.76 Å². The number of nitrogens with one attached hydrogen (secondary N) is 1. The maximum atomic E-state index is 6.09. The molecule has 136 valence electrons. The lowest BCUT2D eigenvalue weighted by molar-refractivity contribution is 0.372. The maximum absolute atomic E-state index is 6.09. The highest BCUT2D eigenvalue weighted by atomic mass is 127. The van der Waals surface area contributed by atoms with Crippen LogP contribution >= 0.6 is 35.6 Å². The van der Waals surface area contributed by atoms with Gasteiger partial charge in [-0.1, -0.05) is 17.7 Å². The van der Waals surface area contributed by atoms with Gasteiger partial charge in [-0.15, -0.1) is 24.0 Å². The van der Waals surface area contributed by atoms with Crippen LogP contribution in [0, 0.1) is 0 Å². The molecule has 1 aromatic heterocycles. The highest BCUT2D eigenvalue weighted by Gasteiger charge is 2.19. The molecule has 1 aliphatic rings. The minimum absolute atomic E-state index is 0. The van der Waals surface area contributed by atoms with Gasteiger partial charge in [0.15, 0.2) is 5.96 Å². The van der Waals surface area contributed by atoms with E-state index in [-0.39, 0.29) is 24.0 Å².